The number of hydrogen-bond donors (Lipinski definition) is 0. The normalized spacial score (nSPS) is 11.0. The van der Waals surface area contributed by atoms with E-state index in [-0.39, 0.29) is 18.3 Å². The molecule has 8 heteroatoms. The third-order valence-corrected chi connectivity index (χ3v) is 7.44. The number of fused-ring (bicyclic) bond motifs is 1. The van der Waals surface area contributed by atoms with Gasteiger partial charge in [-0.05, 0) is 68.1 Å². The van der Waals surface area contributed by atoms with E-state index in [0.717, 1.165) is 39.9 Å². The third-order valence-electron chi connectivity index (χ3n) is 4.93. The maximum Gasteiger partial charge on any atom is 0.260 e. The minimum absolute atomic E-state index is 0. The maximum absolute atomic E-state index is 13.4. The number of nitrogens with zero attached hydrogens (tertiary/aromatic N) is 3. The Balaban J connectivity index is 0.00000320. The van der Waals surface area contributed by atoms with Crippen molar-refractivity contribution < 1.29 is 4.79 Å². The summed E-state index contributed by atoms with van der Waals surface area (Å²) >= 11 is 4.98. The Morgan fingerprint density at radius 2 is 1.60 bits per heavy atom. The molecule has 2 aromatic carbocycles. The zero-order chi connectivity index (χ0) is 20.8. The van der Waals surface area contributed by atoms with Gasteiger partial charge in [-0.25, -0.2) is 4.98 Å². The van der Waals surface area contributed by atoms with Gasteiger partial charge in [0.1, 0.15) is 0 Å². The monoisotopic (exact) mass is 481 g/mol. The van der Waals surface area contributed by atoms with Crippen molar-refractivity contribution in [2.24, 2.45) is 0 Å². The summed E-state index contributed by atoms with van der Waals surface area (Å²) in [4.78, 5) is 24.7. The lowest BCUT2D eigenvalue weighted by Gasteiger charge is -2.24. The van der Waals surface area contributed by atoms with Gasteiger partial charge in [0.25, 0.3) is 5.91 Å². The van der Waals surface area contributed by atoms with Crippen molar-refractivity contribution in [3.63, 3.8) is 0 Å². The molecule has 30 heavy (non-hydrogen) atoms. The number of thioether (sulfide) groups is 2. The van der Waals surface area contributed by atoms with Crippen LogP contribution in [-0.2, 0) is 0 Å². The molecule has 0 saturated carbocycles. The smallest absolute Gasteiger partial charge is 0.260 e. The van der Waals surface area contributed by atoms with E-state index in [1.165, 1.54) is 4.90 Å². The predicted molar refractivity (Wildman–Crippen MR) is 136 cm³/mol. The number of anilines is 1. The summed E-state index contributed by atoms with van der Waals surface area (Å²) in [6.45, 7) is 7.69. The molecule has 0 aliphatic heterocycles. The van der Waals surface area contributed by atoms with E-state index in [9.17, 15) is 4.79 Å². The molecule has 0 fully saturated rings. The van der Waals surface area contributed by atoms with Crippen LogP contribution in [0.25, 0.3) is 10.2 Å². The van der Waals surface area contributed by atoms with Crippen LogP contribution in [0.15, 0.2) is 52.3 Å². The maximum atomic E-state index is 13.4. The Labute approximate surface area is 197 Å². The van der Waals surface area contributed by atoms with E-state index in [1.807, 2.05) is 41.5 Å². The van der Waals surface area contributed by atoms with Crippen LogP contribution in [0.1, 0.15) is 24.2 Å². The average Bonchev–Trinajstić information content (AvgIpc) is 3.19. The predicted octanol–water partition coefficient (Wildman–Crippen LogP) is 6.15. The van der Waals surface area contributed by atoms with Crippen molar-refractivity contribution in [2.75, 3.05) is 43.6 Å². The number of aromatic nitrogens is 1. The molecule has 162 valence electrons. The summed E-state index contributed by atoms with van der Waals surface area (Å²) in [5.41, 5.74) is 1.65. The van der Waals surface area contributed by atoms with E-state index >= 15 is 0 Å². The quantitative estimate of drug-likeness (QED) is 0.342. The second-order valence-corrected chi connectivity index (χ2v) is 9.31. The van der Waals surface area contributed by atoms with Crippen LogP contribution in [0, 0.1) is 0 Å². The highest BCUT2D eigenvalue weighted by atomic mass is 35.5. The van der Waals surface area contributed by atoms with E-state index in [2.05, 4.69) is 37.1 Å². The fraction of sp³-hybridized carbons (Fsp3) is 0.364. The van der Waals surface area contributed by atoms with Crippen molar-refractivity contribution in [2.45, 2.75) is 23.6 Å². The Kier molecular flexibility index (Phi) is 9.97. The van der Waals surface area contributed by atoms with Gasteiger partial charge < -0.3 is 4.90 Å². The summed E-state index contributed by atoms with van der Waals surface area (Å²) < 4.78 is 1.12. The fourth-order valence-electron chi connectivity index (χ4n) is 3.09. The molecule has 0 spiro atoms. The molecule has 0 radical (unpaired) electrons. The highest BCUT2D eigenvalue weighted by Gasteiger charge is 2.22. The molecule has 0 unspecified atom stereocenters. The van der Waals surface area contributed by atoms with Crippen molar-refractivity contribution in [1.82, 2.24) is 9.88 Å². The molecule has 3 rings (SSSR count). The molecule has 0 bridgehead atoms. The fourth-order valence-corrected chi connectivity index (χ4v) is 5.04. The average molecular weight is 482 g/mol. The van der Waals surface area contributed by atoms with E-state index in [4.69, 9.17) is 4.98 Å². The summed E-state index contributed by atoms with van der Waals surface area (Å²) in [6.07, 6.45) is 4.11. The second-order valence-electron chi connectivity index (χ2n) is 6.54. The van der Waals surface area contributed by atoms with Crippen LogP contribution in [0.3, 0.4) is 0 Å². The minimum Gasteiger partial charge on any atom is -0.302 e. The van der Waals surface area contributed by atoms with Crippen LogP contribution in [0.5, 0.6) is 0 Å². The van der Waals surface area contributed by atoms with Crippen molar-refractivity contribution >= 4 is 68.5 Å². The van der Waals surface area contributed by atoms with Crippen LogP contribution >= 0.6 is 47.3 Å². The van der Waals surface area contributed by atoms with E-state index in [1.54, 1.807) is 34.9 Å². The Morgan fingerprint density at radius 1 is 0.967 bits per heavy atom. The van der Waals surface area contributed by atoms with Gasteiger partial charge in [-0.15, -0.1) is 35.9 Å². The van der Waals surface area contributed by atoms with Gasteiger partial charge in [-0.1, -0.05) is 25.2 Å². The molecular formula is C22H28ClN3OS3. The minimum atomic E-state index is 0. The first-order valence-corrected chi connectivity index (χ1v) is 13.0. The number of benzene rings is 2. The molecule has 0 saturated heterocycles. The Morgan fingerprint density at radius 3 is 2.20 bits per heavy atom. The zero-order valence-electron chi connectivity index (χ0n) is 17.8. The van der Waals surface area contributed by atoms with Gasteiger partial charge >= 0.3 is 0 Å². The Hall–Kier alpha value is -1.25. The van der Waals surface area contributed by atoms with E-state index < -0.39 is 0 Å². The largest absolute Gasteiger partial charge is 0.302 e. The van der Waals surface area contributed by atoms with Gasteiger partial charge in [0, 0.05) is 28.4 Å². The van der Waals surface area contributed by atoms with Crippen LogP contribution in [0.2, 0.25) is 0 Å². The lowest BCUT2D eigenvalue weighted by molar-refractivity contribution is 0.0983. The van der Waals surface area contributed by atoms with Gasteiger partial charge in [-0.2, -0.15) is 0 Å². The molecule has 0 N–H and O–H groups in total. The SMILES string of the molecule is CCN(CC)CCN(C(=O)c1ccc(SC)cc1)c1nc2ccc(SC)cc2s1.Cl. The molecular weight excluding hydrogens is 454 g/mol. The molecule has 1 amide bonds. The standard InChI is InChI=1S/C22H27N3OS3.ClH/c1-5-24(6-2)13-14-25(21(26)16-7-9-17(27-3)10-8-16)22-23-19-12-11-18(28-4)15-20(19)29-22;/h7-12,15H,5-6,13-14H2,1-4H3;1H. The molecule has 4 nitrogen and oxygen atoms in total. The van der Waals surface area contributed by atoms with E-state index in [0.29, 0.717) is 12.1 Å². The van der Waals surface area contributed by atoms with Gasteiger partial charge in [-0.3, -0.25) is 9.69 Å². The summed E-state index contributed by atoms with van der Waals surface area (Å²) in [5, 5.41) is 0.768. The number of hydrogen-bond acceptors (Lipinski definition) is 6. The van der Waals surface area contributed by atoms with Crippen LogP contribution < -0.4 is 4.90 Å². The number of thiazole rings is 1. The first-order valence-electron chi connectivity index (χ1n) is 9.72. The molecule has 0 atom stereocenters. The molecule has 1 heterocycles. The number of halogens is 1. The number of rotatable bonds is 9. The summed E-state index contributed by atoms with van der Waals surface area (Å²) in [5.74, 6) is 0.00829. The van der Waals surface area contributed by atoms with Crippen LogP contribution in [0.4, 0.5) is 5.13 Å². The number of carbonyl (C=O) groups excluding carboxylic acids is 1. The number of carbonyl (C=O) groups is 1. The number of likely N-dealkylation sites (N-methyl/N-ethyl adjacent to an activating group) is 1. The topological polar surface area (TPSA) is 36.4 Å². The van der Waals surface area contributed by atoms with Crippen molar-refractivity contribution in [1.29, 1.82) is 0 Å². The first kappa shape index (κ1) is 25.0. The highest BCUT2D eigenvalue weighted by Crippen LogP contribution is 2.32. The van der Waals surface area contributed by atoms with Crippen molar-refractivity contribution in [3.8, 4) is 0 Å². The summed E-state index contributed by atoms with van der Waals surface area (Å²) in [6, 6.07) is 14.1. The lowest BCUT2D eigenvalue weighted by atomic mass is 10.2. The molecule has 0 aliphatic rings. The van der Waals surface area contributed by atoms with Crippen molar-refractivity contribution in [3.05, 3.63) is 48.0 Å². The second kappa shape index (κ2) is 12.0. The van der Waals surface area contributed by atoms with Gasteiger partial charge in [0.15, 0.2) is 5.13 Å². The third kappa shape index (κ3) is 5.92. The lowest BCUT2D eigenvalue weighted by Crippen LogP contribution is -2.38. The number of amides is 1. The Bertz CT molecular complexity index is 958. The first-order chi connectivity index (χ1) is 14.1. The molecule has 0 aliphatic carbocycles. The summed E-state index contributed by atoms with van der Waals surface area (Å²) in [7, 11) is 0. The van der Waals surface area contributed by atoms with Gasteiger partial charge in [0.05, 0.1) is 10.2 Å². The van der Waals surface area contributed by atoms with Crippen LogP contribution in [-0.4, -0.2) is 54.5 Å². The molecule has 3 aromatic rings. The highest BCUT2D eigenvalue weighted by molar-refractivity contribution is 7.98. The molecule has 1 aromatic heterocycles. The van der Waals surface area contributed by atoms with Gasteiger partial charge in [0.2, 0.25) is 0 Å². The zero-order valence-corrected chi connectivity index (χ0v) is 21.0.